The van der Waals surface area contributed by atoms with Gasteiger partial charge in [0.25, 0.3) is 0 Å². The van der Waals surface area contributed by atoms with E-state index in [0.29, 0.717) is 0 Å². The van der Waals surface area contributed by atoms with Crippen molar-refractivity contribution < 1.29 is 0 Å². The first-order valence-corrected chi connectivity index (χ1v) is 4.22. The van der Waals surface area contributed by atoms with Gasteiger partial charge in [-0.15, -0.1) is 0 Å². The molecular weight excluding hydrogens is 138 g/mol. The second-order valence-electron chi connectivity index (χ2n) is 2.63. The van der Waals surface area contributed by atoms with Crippen LogP contribution in [0.25, 0.3) is 0 Å². The van der Waals surface area contributed by atoms with Crippen molar-refractivity contribution in [2.24, 2.45) is 5.73 Å². The zero-order chi connectivity index (χ0) is 8.53. The van der Waals surface area contributed by atoms with Crippen LogP contribution >= 0.6 is 0 Å². The van der Waals surface area contributed by atoms with Gasteiger partial charge in [-0.25, -0.2) is 0 Å². The molecule has 0 aromatic rings. The second kappa shape index (κ2) is 7.69. The van der Waals surface area contributed by atoms with E-state index in [4.69, 9.17) is 11.1 Å². The second-order valence-corrected chi connectivity index (χ2v) is 2.63. The molecule has 0 amide bonds. The largest absolute Gasteiger partial charge is 0.329 e. The van der Waals surface area contributed by atoms with Gasteiger partial charge < -0.3 is 16.0 Å². The van der Waals surface area contributed by atoms with Crippen LogP contribution in [-0.4, -0.2) is 37.3 Å². The van der Waals surface area contributed by atoms with Crippen LogP contribution < -0.4 is 5.73 Å². The van der Waals surface area contributed by atoms with Gasteiger partial charge in [-0.05, 0) is 39.1 Å². The van der Waals surface area contributed by atoms with Crippen molar-refractivity contribution in [1.82, 2.24) is 4.90 Å². The Hall–Kier alpha value is -0.410. The zero-order valence-corrected chi connectivity index (χ0v) is 7.34. The molecular formula is C8H19N3. The predicted molar refractivity (Wildman–Crippen MR) is 49.2 cm³/mol. The molecule has 0 bridgehead atoms. The third-order valence-electron chi connectivity index (χ3n) is 1.64. The molecule has 0 saturated carbocycles. The van der Waals surface area contributed by atoms with E-state index in [2.05, 4.69) is 4.90 Å². The molecule has 0 unspecified atom stereocenters. The highest BCUT2D eigenvalue weighted by Gasteiger charge is 2.08. The smallest absolute Gasteiger partial charge is 0.0105 e. The van der Waals surface area contributed by atoms with Gasteiger partial charge in [0.1, 0.15) is 0 Å². The monoisotopic (exact) mass is 157 g/mol. The summed E-state index contributed by atoms with van der Waals surface area (Å²) in [4.78, 5) is 2.42. The topological polar surface area (TPSA) is 53.1 Å². The Bertz CT molecular complexity index is 87.3. The van der Waals surface area contributed by atoms with Crippen molar-refractivity contribution in [1.29, 1.82) is 5.41 Å². The molecule has 0 aliphatic carbocycles. The summed E-state index contributed by atoms with van der Waals surface area (Å²) in [5.74, 6) is 0. The van der Waals surface area contributed by atoms with E-state index in [1.54, 1.807) is 6.92 Å². The van der Waals surface area contributed by atoms with E-state index in [9.17, 15) is 0 Å². The summed E-state index contributed by atoms with van der Waals surface area (Å²) in [5, 5.41) is 6.08. The summed E-state index contributed by atoms with van der Waals surface area (Å²) in [7, 11) is 0. The molecule has 66 valence electrons. The maximum atomic E-state index is 6.08. The van der Waals surface area contributed by atoms with E-state index in [0.717, 1.165) is 13.1 Å². The van der Waals surface area contributed by atoms with Gasteiger partial charge in [-0.2, -0.15) is 0 Å². The Labute approximate surface area is 69.1 Å². The first kappa shape index (κ1) is 10.6. The van der Waals surface area contributed by atoms with Crippen LogP contribution in [0.3, 0.4) is 0 Å². The molecule has 0 aromatic carbocycles. The van der Waals surface area contributed by atoms with Gasteiger partial charge in [0.05, 0.1) is 0 Å². The quantitative estimate of drug-likeness (QED) is 0.580. The van der Waals surface area contributed by atoms with Gasteiger partial charge in [0, 0.05) is 13.1 Å². The van der Waals surface area contributed by atoms with Crippen LogP contribution in [0.2, 0.25) is 0 Å². The van der Waals surface area contributed by atoms with Crippen LogP contribution in [0.1, 0.15) is 19.8 Å². The summed E-state index contributed by atoms with van der Waals surface area (Å²) in [6.45, 7) is 6.13. The Balaban J connectivity index is 0.000000292. The minimum Gasteiger partial charge on any atom is -0.329 e. The minimum absolute atomic E-state index is 0.819. The molecule has 1 aliphatic heterocycles. The van der Waals surface area contributed by atoms with Crippen molar-refractivity contribution >= 4 is 6.21 Å². The van der Waals surface area contributed by atoms with Gasteiger partial charge >= 0.3 is 0 Å². The molecule has 3 nitrogen and oxygen atoms in total. The molecule has 1 aliphatic rings. The molecule has 0 radical (unpaired) electrons. The van der Waals surface area contributed by atoms with Crippen LogP contribution in [0.15, 0.2) is 0 Å². The third kappa shape index (κ3) is 6.01. The first-order chi connectivity index (χ1) is 5.35. The van der Waals surface area contributed by atoms with E-state index in [-0.39, 0.29) is 0 Å². The Kier molecular flexibility index (Phi) is 7.41. The summed E-state index contributed by atoms with van der Waals surface area (Å²) < 4.78 is 0. The number of nitrogens with two attached hydrogens (primary N) is 1. The van der Waals surface area contributed by atoms with Crippen molar-refractivity contribution in [2.45, 2.75) is 19.8 Å². The summed E-state index contributed by atoms with van der Waals surface area (Å²) >= 11 is 0. The maximum Gasteiger partial charge on any atom is 0.0105 e. The highest BCUT2D eigenvalue weighted by Crippen LogP contribution is 2.04. The Morgan fingerprint density at radius 2 is 1.91 bits per heavy atom. The van der Waals surface area contributed by atoms with E-state index in [1.165, 1.54) is 32.1 Å². The van der Waals surface area contributed by atoms with Gasteiger partial charge in [-0.1, -0.05) is 0 Å². The zero-order valence-electron chi connectivity index (χ0n) is 7.34. The Morgan fingerprint density at radius 3 is 2.27 bits per heavy atom. The van der Waals surface area contributed by atoms with Crippen LogP contribution in [0.4, 0.5) is 0 Å². The van der Waals surface area contributed by atoms with E-state index >= 15 is 0 Å². The van der Waals surface area contributed by atoms with Crippen LogP contribution in [-0.2, 0) is 0 Å². The normalized spacial score (nSPS) is 17.3. The molecule has 1 fully saturated rings. The number of nitrogens with zero attached hydrogens (tertiary/aromatic N) is 1. The van der Waals surface area contributed by atoms with Crippen LogP contribution in [0, 0.1) is 5.41 Å². The summed E-state index contributed by atoms with van der Waals surface area (Å²) in [5.41, 5.74) is 5.37. The van der Waals surface area contributed by atoms with Gasteiger partial charge in [-0.3, -0.25) is 0 Å². The molecule has 3 heteroatoms. The SMILES string of the molecule is CC=N.NCCN1CCCC1. The number of hydrogen-bond donors (Lipinski definition) is 2. The predicted octanol–water partition coefficient (Wildman–Crippen LogP) is 0.697. The van der Waals surface area contributed by atoms with Crippen molar-refractivity contribution in [2.75, 3.05) is 26.2 Å². The fraction of sp³-hybridized carbons (Fsp3) is 0.875. The van der Waals surface area contributed by atoms with Gasteiger partial charge in [0.15, 0.2) is 0 Å². The van der Waals surface area contributed by atoms with Crippen molar-refractivity contribution in [3.63, 3.8) is 0 Å². The van der Waals surface area contributed by atoms with Crippen molar-refractivity contribution in [3.8, 4) is 0 Å². The fourth-order valence-electron chi connectivity index (χ4n) is 1.19. The minimum atomic E-state index is 0.819. The lowest BCUT2D eigenvalue weighted by Crippen LogP contribution is -2.26. The number of likely N-dealkylation sites (tertiary alicyclic amines) is 1. The Morgan fingerprint density at radius 1 is 1.45 bits per heavy atom. The summed E-state index contributed by atoms with van der Waals surface area (Å²) in [6.07, 6.45) is 4.00. The molecule has 0 aromatic heterocycles. The molecule has 0 spiro atoms. The number of rotatable bonds is 2. The van der Waals surface area contributed by atoms with E-state index < -0.39 is 0 Å². The molecule has 11 heavy (non-hydrogen) atoms. The third-order valence-corrected chi connectivity index (χ3v) is 1.64. The lowest BCUT2D eigenvalue weighted by atomic mass is 10.4. The average Bonchev–Trinajstić information content (AvgIpc) is 2.42. The lowest BCUT2D eigenvalue weighted by Gasteiger charge is -2.11. The molecule has 1 rings (SSSR count). The average molecular weight is 157 g/mol. The highest BCUT2D eigenvalue weighted by molar-refractivity contribution is 5.48. The standard InChI is InChI=1S/C6H14N2.C2H5N/c7-3-6-8-4-1-2-5-8;1-2-3/h1-7H2;2-3H,1H3. The molecule has 1 heterocycles. The highest BCUT2D eigenvalue weighted by atomic mass is 15.1. The number of nitrogens with one attached hydrogen (secondary N) is 1. The first-order valence-electron chi connectivity index (χ1n) is 4.22. The van der Waals surface area contributed by atoms with Crippen LogP contribution in [0.5, 0.6) is 0 Å². The summed E-state index contributed by atoms with van der Waals surface area (Å²) in [6, 6.07) is 0. The fourth-order valence-corrected chi connectivity index (χ4v) is 1.19. The van der Waals surface area contributed by atoms with Crippen molar-refractivity contribution in [3.05, 3.63) is 0 Å². The van der Waals surface area contributed by atoms with E-state index in [1.807, 2.05) is 0 Å². The molecule has 1 saturated heterocycles. The number of hydrogen-bond acceptors (Lipinski definition) is 3. The molecule has 3 N–H and O–H groups in total. The lowest BCUT2D eigenvalue weighted by molar-refractivity contribution is 0.349. The molecule has 0 atom stereocenters. The maximum absolute atomic E-state index is 6.08. The van der Waals surface area contributed by atoms with Gasteiger partial charge in [0.2, 0.25) is 0 Å².